The van der Waals surface area contributed by atoms with Gasteiger partial charge in [0.2, 0.25) is 0 Å². The molecule has 0 aliphatic carbocycles. The van der Waals surface area contributed by atoms with Crippen molar-refractivity contribution in [1.82, 2.24) is 10.3 Å². The van der Waals surface area contributed by atoms with E-state index in [2.05, 4.69) is 62.1 Å². The molecule has 0 radical (unpaired) electrons. The van der Waals surface area contributed by atoms with E-state index in [0.29, 0.717) is 12.0 Å². The van der Waals surface area contributed by atoms with Gasteiger partial charge < -0.3 is 10.2 Å². The van der Waals surface area contributed by atoms with Gasteiger partial charge in [-0.1, -0.05) is 26.8 Å². The molecule has 1 atom stereocenters. The van der Waals surface area contributed by atoms with E-state index >= 15 is 0 Å². The number of hydrogen-bond donors (Lipinski definition) is 1. The van der Waals surface area contributed by atoms with E-state index in [-0.39, 0.29) is 0 Å². The first-order chi connectivity index (χ1) is 8.54. The van der Waals surface area contributed by atoms with E-state index in [0.717, 1.165) is 25.3 Å². The summed E-state index contributed by atoms with van der Waals surface area (Å²) in [7, 11) is 2.10. The predicted octanol–water partition coefficient (Wildman–Crippen LogP) is 3.23. The molecule has 1 rings (SSSR count). The molecule has 1 heterocycles. The molecule has 0 saturated carbocycles. The van der Waals surface area contributed by atoms with E-state index < -0.39 is 0 Å². The van der Waals surface area contributed by atoms with Crippen LogP contribution in [0.1, 0.15) is 45.7 Å². The van der Waals surface area contributed by atoms with Crippen molar-refractivity contribution in [2.24, 2.45) is 5.92 Å². The molecule has 0 fully saturated rings. The molecule has 18 heavy (non-hydrogen) atoms. The molecule has 0 spiro atoms. The number of hydrogen-bond acceptors (Lipinski definition) is 3. The Morgan fingerprint density at radius 3 is 2.50 bits per heavy atom. The van der Waals surface area contributed by atoms with Gasteiger partial charge in [0.05, 0.1) is 0 Å². The standard InChI is InChI=1S/C15H27N3/c1-6-9-16-13(4)14-7-8-15(17-10-14)18(5)11-12(2)3/h7-8,10,12-13,16H,6,9,11H2,1-5H3. The zero-order valence-electron chi connectivity index (χ0n) is 12.4. The highest BCUT2D eigenvalue weighted by Crippen LogP contribution is 2.16. The molecular formula is C15H27N3. The van der Waals surface area contributed by atoms with Crippen LogP contribution in [-0.2, 0) is 0 Å². The summed E-state index contributed by atoms with van der Waals surface area (Å²) in [5.41, 5.74) is 1.25. The van der Waals surface area contributed by atoms with Crippen molar-refractivity contribution in [3.8, 4) is 0 Å². The van der Waals surface area contributed by atoms with Crippen LogP contribution in [0.15, 0.2) is 18.3 Å². The van der Waals surface area contributed by atoms with Gasteiger partial charge in [-0.05, 0) is 37.4 Å². The van der Waals surface area contributed by atoms with Crippen LogP contribution in [-0.4, -0.2) is 25.1 Å². The van der Waals surface area contributed by atoms with Crippen molar-refractivity contribution >= 4 is 5.82 Å². The Hall–Kier alpha value is -1.09. The van der Waals surface area contributed by atoms with Crippen LogP contribution >= 0.6 is 0 Å². The molecule has 102 valence electrons. The first-order valence-electron chi connectivity index (χ1n) is 6.95. The van der Waals surface area contributed by atoms with Crippen LogP contribution in [0.2, 0.25) is 0 Å². The topological polar surface area (TPSA) is 28.2 Å². The monoisotopic (exact) mass is 249 g/mol. The summed E-state index contributed by atoms with van der Waals surface area (Å²) in [5.74, 6) is 1.71. The van der Waals surface area contributed by atoms with Crippen LogP contribution in [0.3, 0.4) is 0 Å². The third kappa shape index (κ3) is 4.65. The van der Waals surface area contributed by atoms with E-state index in [1.165, 1.54) is 5.56 Å². The highest BCUT2D eigenvalue weighted by Gasteiger charge is 2.07. The molecule has 0 aliphatic heterocycles. The summed E-state index contributed by atoms with van der Waals surface area (Å²) in [4.78, 5) is 6.75. The highest BCUT2D eigenvalue weighted by atomic mass is 15.2. The maximum Gasteiger partial charge on any atom is 0.128 e. The SMILES string of the molecule is CCCNC(C)c1ccc(N(C)CC(C)C)nc1. The largest absolute Gasteiger partial charge is 0.359 e. The van der Waals surface area contributed by atoms with Gasteiger partial charge in [-0.3, -0.25) is 0 Å². The number of nitrogens with one attached hydrogen (secondary N) is 1. The van der Waals surface area contributed by atoms with Gasteiger partial charge in [0.1, 0.15) is 5.82 Å². The van der Waals surface area contributed by atoms with Crippen molar-refractivity contribution in [2.45, 2.75) is 40.2 Å². The van der Waals surface area contributed by atoms with Gasteiger partial charge in [0.25, 0.3) is 0 Å². The minimum absolute atomic E-state index is 0.377. The number of nitrogens with zero attached hydrogens (tertiary/aromatic N) is 2. The van der Waals surface area contributed by atoms with Crippen LogP contribution in [0.4, 0.5) is 5.82 Å². The smallest absolute Gasteiger partial charge is 0.128 e. The zero-order valence-corrected chi connectivity index (χ0v) is 12.4. The van der Waals surface area contributed by atoms with Crippen molar-refractivity contribution in [2.75, 3.05) is 25.0 Å². The van der Waals surface area contributed by atoms with E-state index in [4.69, 9.17) is 0 Å². The number of anilines is 1. The van der Waals surface area contributed by atoms with Gasteiger partial charge in [-0.25, -0.2) is 4.98 Å². The molecular weight excluding hydrogens is 222 g/mol. The lowest BCUT2D eigenvalue weighted by molar-refractivity contribution is 0.569. The fraction of sp³-hybridized carbons (Fsp3) is 0.667. The Kier molecular flexibility index (Phi) is 6.13. The molecule has 0 aromatic carbocycles. The Labute approximate surface area is 112 Å². The summed E-state index contributed by atoms with van der Waals surface area (Å²) in [6.07, 6.45) is 3.15. The fourth-order valence-electron chi connectivity index (χ4n) is 2.00. The lowest BCUT2D eigenvalue weighted by Gasteiger charge is -2.21. The van der Waals surface area contributed by atoms with Crippen molar-refractivity contribution in [1.29, 1.82) is 0 Å². The molecule has 0 saturated heterocycles. The summed E-state index contributed by atoms with van der Waals surface area (Å²) < 4.78 is 0. The lowest BCUT2D eigenvalue weighted by Crippen LogP contribution is -2.24. The van der Waals surface area contributed by atoms with Crippen molar-refractivity contribution in [3.63, 3.8) is 0 Å². The maximum atomic E-state index is 4.55. The third-order valence-electron chi connectivity index (χ3n) is 3.00. The third-order valence-corrected chi connectivity index (χ3v) is 3.00. The van der Waals surface area contributed by atoms with E-state index in [1.807, 2.05) is 6.20 Å². The normalized spacial score (nSPS) is 12.8. The lowest BCUT2D eigenvalue weighted by atomic mass is 10.1. The molecule has 0 aliphatic rings. The summed E-state index contributed by atoms with van der Waals surface area (Å²) in [6, 6.07) is 4.66. The second kappa shape index (κ2) is 7.37. The highest BCUT2D eigenvalue weighted by molar-refractivity contribution is 5.38. The van der Waals surface area contributed by atoms with Gasteiger partial charge >= 0.3 is 0 Å². The van der Waals surface area contributed by atoms with Crippen molar-refractivity contribution < 1.29 is 0 Å². The Morgan fingerprint density at radius 1 is 1.28 bits per heavy atom. The van der Waals surface area contributed by atoms with Gasteiger partial charge in [0.15, 0.2) is 0 Å². The maximum absolute atomic E-state index is 4.55. The zero-order chi connectivity index (χ0) is 13.5. The molecule has 1 aromatic heterocycles. The minimum atomic E-state index is 0.377. The van der Waals surface area contributed by atoms with Gasteiger partial charge in [-0.2, -0.15) is 0 Å². The minimum Gasteiger partial charge on any atom is -0.359 e. The van der Waals surface area contributed by atoms with E-state index in [9.17, 15) is 0 Å². The quantitative estimate of drug-likeness (QED) is 0.804. The van der Waals surface area contributed by atoms with Crippen molar-refractivity contribution in [3.05, 3.63) is 23.9 Å². The number of rotatable bonds is 7. The number of pyridine rings is 1. The molecule has 3 heteroatoms. The molecule has 0 bridgehead atoms. The number of aromatic nitrogens is 1. The summed E-state index contributed by atoms with van der Waals surface area (Å²) in [6.45, 7) is 10.9. The van der Waals surface area contributed by atoms with Gasteiger partial charge in [-0.15, -0.1) is 0 Å². The van der Waals surface area contributed by atoms with Crippen LogP contribution in [0.5, 0.6) is 0 Å². The molecule has 0 amide bonds. The Balaban J connectivity index is 2.61. The molecule has 1 N–H and O–H groups in total. The molecule has 1 unspecified atom stereocenters. The predicted molar refractivity (Wildman–Crippen MR) is 79.1 cm³/mol. The average molecular weight is 249 g/mol. The molecule has 1 aromatic rings. The van der Waals surface area contributed by atoms with Crippen LogP contribution < -0.4 is 10.2 Å². The van der Waals surface area contributed by atoms with Gasteiger partial charge in [0, 0.05) is 25.8 Å². The Morgan fingerprint density at radius 2 is 2.00 bits per heavy atom. The Bertz CT molecular complexity index is 332. The van der Waals surface area contributed by atoms with Crippen LogP contribution in [0.25, 0.3) is 0 Å². The average Bonchev–Trinajstić information content (AvgIpc) is 2.35. The fourth-order valence-corrected chi connectivity index (χ4v) is 2.00. The first-order valence-corrected chi connectivity index (χ1v) is 6.95. The summed E-state index contributed by atoms with van der Waals surface area (Å²) >= 11 is 0. The van der Waals surface area contributed by atoms with E-state index in [1.54, 1.807) is 0 Å². The van der Waals surface area contributed by atoms with Crippen LogP contribution in [0, 0.1) is 5.92 Å². The molecule has 3 nitrogen and oxygen atoms in total. The second-order valence-corrected chi connectivity index (χ2v) is 5.40. The first kappa shape index (κ1) is 15.0. The second-order valence-electron chi connectivity index (χ2n) is 5.40. The summed E-state index contributed by atoms with van der Waals surface area (Å²) in [5, 5.41) is 3.48.